The van der Waals surface area contributed by atoms with Gasteiger partial charge >= 0.3 is 0 Å². The molecule has 0 atom stereocenters. The predicted octanol–water partition coefficient (Wildman–Crippen LogP) is 3.93. The number of aromatic amines is 1. The highest BCUT2D eigenvalue weighted by Gasteiger charge is 2.18. The van der Waals surface area contributed by atoms with Gasteiger partial charge in [0.1, 0.15) is 0 Å². The van der Waals surface area contributed by atoms with E-state index in [9.17, 15) is 13.2 Å². The zero-order valence-corrected chi connectivity index (χ0v) is 16.1. The van der Waals surface area contributed by atoms with Crippen LogP contribution in [0.1, 0.15) is 31.9 Å². The van der Waals surface area contributed by atoms with Crippen LogP contribution in [0.2, 0.25) is 0 Å². The Balaban J connectivity index is 1.93. The molecule has 0 radical (unpaired) electrons. The van der Waals surface area contributed by atoms with E-state index in [1.807, 2.05) is 12.1 Å². The number of pyridine rings is 1. The lowest BCUT2D eigenvalue weighted by atomic mass is 9.87. The molecule has 3 aromatic rings. The summed E-state index contributed by atoms with van der Waals surface area (Å²) >= 11 is 0. The van der Waals surface area contributed by atoms with E-state index >= 15 is 0 Å². The fourth-order valence-corrected chi connectivity index (χ4v) is 3.77. The Morgan fingerprint density at radius 3 is 2.23 bits per heavy atom. The van der Waals surface area contributed by atoms with Gasteiger partial charge in [-0.05, 0) is 53.6 Å². The highest BCUT2D eigenvalue weighted by Crippen LogP contribution is 2.25. The normalized spacial score (nSPS) is 12.3. The lowest BCUT2D eigenvalue weighted by Gasteiger charge is -2.19. The number of hydrogen-bond acceptors (Lipinski definition) is 3. The minimum atomic E-state index is -3.70. The van der Waals surface area contributed by atoms with E-state index in [1.54, 1.807) is 43.3 Å². The average molecular weight is 370 g/mol. The highest BCUT2D eigenvalue weighted by atomic mass is 32.2. The molecule has 0 aliphatic rings. The summed E-state index contributed by atoms with van der Waals surface area (Å²) in [6.07, 6.45) is 0. The molecule has 136 valence electrons. The van der Waals surface area contributed by atoms with Crippen LogP contribution in [0, 0.1) is 6.92 Å². The third-order valence-corrected chi connectivity index (χ3v) is 5.71. The Kier molecular flexibility index (Phi) is 4.40. The van der Waals surface area contributed by atoms with Gasteiger partial charge in [-0.3, -0.25) is 9.52 Å². The van der Waals surface area contributed by atoms with Crippen molar-refractivity contribution in [3.63, 3.8) is 0 Å². The molecule has 0 aliphatic carbocycles. The van der Waals surface area contributed by atoms with Crippen LogP contribution in [0.5, 0.6) is 0 Å². The first-order valence-corrected chi connectivity index (χ1v) is 9.82. The molecular formula is C20H22N2O3S. The van der Waals surface area contributed by atoms with Gasteiger partial charge in [0.05, 0.1) is 16.1 Å². The molecule has 1 heterocycles. The number of anilines is 1. The van der Waals surface area contributed by atoms with Crippen molar-refractivity contribution in [2.24, 2.45) is 0 Å². The van der Waals surface area contributed by atoms with Crippen LogP contribution in [-0.4, -0.2) is 13.4 Å². The van der Waals surface area contributed by atoms with E-state index in [2.05, 4.69) is 30.5 Å². The van der Waals surface area contributed by atoms with Crippen molar-refractivity contribution in [3.8, 4) is 0 Å². The van der Waals surface area contributed by atoms with Crippen LogP contribution in [-0.2, 0) is 15.4 Å². The van der Waals surface area contributed by atoms with Crippen LogP contribution in [0.4, 0.5) is 5.69 Å². The first-order valence-electron chi connectivity index (χ1n) is 8.33. The van der Waals surface area contributed by atoms with Crippen molar-refractivity contribution in [2.45, 2.75) is 38.0 Å². The van der Waals surface area contributed by atoms with Gasteiger partial charge in [-0.25, -0.2) is 8.42 Å². The Morgan fingerprint density at radius 2 is 1.62 bits per heavy atom. The zero-order chi connectivity index (χ0) is 19.1. The summed E-state index contributed by atoms with van der Waals surface area (Å²) in [4.78, 5) is 14.7. The summed E-state index contributed by atoms with van der Waals surface area (Å²) in [5.74, 6) is 0. The number of sulfonamides is 1. The van der Waals surface area contributed by atoms with E-state index < -0.39 is 10.0 Å². The standard InChI is InChI=1S/C20H22N2O3S/c1-13-11-14-5-8-16(12-18(14)21-19(13)23)22-26(24,25)17-9-6-15(7-10-17)20(2,3)4/h5-12,22H,1-4H3,(H,21,23). The van der Waals surface area contributed by atoms with Gasteiger partial charge in [0, 0.05) is 5.56 Å². The molecule has 2 aromatic carbocycles. The van der Waals surface area contributed by atoms with Crippen molar-refractivity contribution < 1.29 is 8.42 Å². The van der Waals surface area contributed by atoms with Crippen LogP contribution < -0.4 is 10.3 Å². The highest BCUT2D eigenvalue weighted by molar-refractivity contribution is 7.92. The molecular weight excluding hydrogens is 348 g/mol. The fourth-order valence-electron chi connectivity index (χ4n) is 2.72. The molecule has 1 aromatic heterocycles. The maximum Gasteiger partial charge on any atom is 0.261 e. The smallest absolute Gasteiger partial charge is 0.261 e. The van der Waals surface area contributed by atoms with Gasteiger partial charge in [-0.2, -0.15) is 0 Å². The van der Waals surface area contributed by atoms with E-state index in [4.69, 9.17) is 0 Å². The van der Waals surface area contributed by atoms with Crippen molar-refractivity contribution in [1.29, 1.82) is 0 Å². The summed E-state index contributed by atoms with van der Waals surface area (Å²) in [6.45, 7) is 7.96. The van der Waals surface area contributed by atoms with E-state index in [0.29, 0.717) is 16.8 Å². The fraction of sp³-hybridized carbons (Fsp3) is 0.250. The summed E-state index contributed by atoms with van der Waals surface area (Å²) in [5.41, 5.74) is 2.44. The van der Waals surface area contributed by atoms with Crippen LogP contribution in [0.25, 0.3) is 10.9 Å². The second-order valence-electron chi connectivity index (χ2n) is 7.46. The Hall–Kier alpha value is -2.60. The number of nitrogens with one attached hydrogen (secondary N) is 2. The largest absolute Gasteiger partial charge is 0.322 e. The topological polar surface area (TPSA) is 79.0 Å². The number of aromatic nitrogens is 1. The maximum absolute atomic E-state index is 12.6. The molecule has 26 heavy (non-hydrogen) atoms. The van der Waals surface area contributed by atoms with E-state index in [0.717, 1.165) is 10.9 Å². The molecule has 3 rings (SSSR count). The quantitative estimate of drug-likeness (QED) is 0.733. The van der Waals surface area contributed by atoms with Crippen LogP contribution in [0.3, 0.4) is 0 Å². The monoisotopic (exact) mass is 370 g/mol. The predicted molar refractivity (Wildman–Crippen MR) is 105 cm³/mol. The minimum absolute atomic E-state index is 0.0436. The average Bonchev–Trinajstić information content (AvgIpc) is 2.55. The van der Waals surface area contributed by atoms with Crippen molar-refractivity contribution in [3.05, 3.63) is 70.0 Å². The molecule has 0 spiro atoms. The van der Waals surface area contributed by atoms with E-state index in [-0.39, 0.29) is 15.9 Å². The third-order valence-electron chi connectivity index (χ3n) is 4.31. The van der Waals surface area contributed by atoms with Gasteiger partial charge in [-0.1, -0.05) is 39.0 Å². The number of aryl methyl sites for hydroxylation is 1. The Morgan fingerprint density at radius 1 is 0.962 bits per heavy atom. The summed E-state index contributed by atoms with van der Waals surface area (Å²) < 4.78 is 27.8. The second kappa shape index (κ2) is 6.29. The number of rotatable bonds is 3. The molecule has 2 N–H and O–H groups in total. The lowest BCUT2D eigenvalue weighted by Crippen LogP contribution is -2.15. The van der Waals surface area contributed by atoms with Gasteiger partial charge < -0.3 is 4.98 Å². The van der Waals surface area contributed by atoms with Gasteiger partial charge in [0.15, 0.2) is 0 Å². The third kappa shape index (κ3) is 3.65. The summed E-state index contributed by atoms with van der Waals surface area (Å²) in [7, 11) is -3.70. The molecule has 0 saturated heterocycles. The number of benzene rings is 2. The van der Waals surface area contributed by atoms with Gasteiger partial charge in [-0.15, -0.1) is 0 Å². The molecule has 0 amide bonds. The van der Waals surface area contributed by atoms with Crippen molar-refractivity contribution in [1.82, 2.24) is 4.98 Å². The molecule has 5 nitrogen and oxygen atoms in total. The number of hydrogen-bond donors (Lipinski definition) is 2. The summed E-state index contributed by atoms with van der Waals surface area (Å²) in [5, 5.41) is 0.847. The molecule has 0 saturated carbocycles. The Labute approximate surface area is 153 Å². The number of H-pyrrole nitrogens is 1. The molecule has 0 unspecified atom stereocenters. The van der Waals surface area contributed by atoms with Gasteiger partial charge in [0.25, 0.3) is 15.6 Å². The van der Waals surface area contributed by atoms with Crippen LogP contribution >= 0.6 is 0 Å². The molecule has 0 aliphatic heterocycles. The number of fused-ring (bicyclic) bond motifs is 1. The first-order chi connectivity index (χ1) is 12.1. The molecule has 0 fully saturated rings. The Bertz CT molecular complexity index is 1120. The van der Waals surface area contributed by atoms with E-state index in [1.165, 1.54) is 0 Å². The van der Waals surface area contributed by atoms with Crippen LogP contribution in [0.15, 0.2) is 58.2 Å². The maximum atomic E-state index is 12.6. The first kappa shape index (κ1) is 18.2. The molecule has 0 bridgehead atoms. The van der Waals surface area contributed by atoms with Gasteiger partial charge in [0.2, 0.25) is 0 Å². The second-order valence-corrected chi connectivity index (χ2v) is 9.15. The van der Waals surface area contributed by atoms with Crippen molar-refractivity contribution >= 4 is 26.6 Å². The van der Waals surface area contributed by atoms with Crippen molar-refractivity contribution in [2.75, 3.05) is 4.72 Å². The zero-order valence-electron chi connectivity index (χ0n) is 15.3. The lowest BCUT2D eigenvalue weighted by molar-refractivity contribution is 0.587. The minimum Gasteiger partial charge on any atom is -0.322 e. The SMILES string of the molecule is Cc1cc2ccc(NS(=O)(=O)c3ccc(C(C)(C)C)cc3)cc2[nH]c1=O. The molecule has 6 heteroatoms. The summed E-state index contributed by atoms with van der Waals surface area (Å²) in [6, 6.07) is 13.7.